The van der Waals surface area contributed by atoms with Crippen molar-refractivity contribution in [1.29, 1.82) is 0 Å². The van der Waals surface area contributed by atoms with Gasteiger partial charge in [-0.1, -0.05) is 170 Å². The number of hydrogen-bond donors (Lipinski definition) is 0. The Bertz CT molecular complexity index is 2900. The summed E-state index contributed by atoms with van der Waals surface area (Å²) >= 11 is 1.86. The first-order chi connectivity index (χ1) is 26.8. The second-order valence-corrected chi connectivity index (χ2v) is 14.8. The van der Waals surface area contributed by atoms with Crippen LogP contribution in [0.3, 0.4) is 0 Å². The van der Waals surface area contributed by atoms with E-state index in [0.717, 1.165) is 17.1 Å². The zero-order valence-electron chi connectivity index (χ0n) is 29.6. The van der Waals surface area contributed by atoms with Gasteiger partial charge < -0.3 is 4.90 Å². The third kappa shape index (κ3) is 5.74. The molecular formula is C52H35NS. The summed E-state index contributed by atoms with van der Waals surface area (Å²) in [5.74, 6) is 0. The van der Waals surface area contributed by atoms with E-state index < -0.39 is 0 Å². The minimum Gasteiger partial charge on any atom is -0.310 e. The van der Waals surface area contributed by atoms with Crippen LogP contribution >= 0.6 is 11.3 Å². The molecule has 10 rings (SSSR count). The Morgan fingerprint density at radius 2 is 0.778 bits per heavy atom. The van der Waals surface area contributed by atoms with Gasteiger partial charge in [-0.15, -0.1) is 11.3 Å². The molecule has 0 aliphatic rings. The van der Waals surface area contributed by atoms with Gasteiger partial charge in [0.2, 0.25) is 0 Å². The molecule has 0 N–H and O–H groups in total. The van der Waals surface area contributed by atoms with E-state index in [2.05, 4.69) is 217 Å². The number of nitrogens with zero attached hydrogens (tertiary/aromatic N) is 1. The molecule has 0 bridgehead atoms. The van der Waals surface area contributed by atoms with Crippen molar-refractivity contribution < 1.29 is 0 Å². The molecule has 0 saturated carbocycles. The molecule has 1 nitrogen and oxygen atoms in total. The van der Waals surface area contributed by atoms with E-state index >= 15 is 0 Å². The predicted octanol–water partition coefficient (Wildman–Crippen LogP) is 15.3. The van der Waals surface area contributed by atoms with Gasteiger partial charge in [-0.25, -0.2) is 0 Å². The SMILES string of the molecule is c1ccc(-c2ccc(-c3ccc(N(c4ccc(-c5cccc6sc7ccccc7c56)cc4)c4ccccc4-c4cccc5ccccc45)cc3)cc2)cc1. The van der Waals surface area contributed by atoms with Crippen LogP contribution in [-0.2, 0) is 0 Å². The van der Waals surface area contributed by atoms with Crippen molar-refractivity contribution in [1.82, 2.24) is 0 Å². The largest absolute Gasteiger partial charge is 0.310 e. The van der Waals surface area contributed by atoms with E-state index in [1.54, 1.807) is 0 Å². The van der Waals surface area contributed by atoms with Gasteiger partial charge in [-0.2, -0.15) is 0 Å². The van der Waals surface area contributed by atoms with Gasteiger partial charge in [0.25, 0.3) is 0 Å². The highest BCUT2D eigenvalue weighted by Gasteiger charge is 2.19. The normalized spacial score (nSPS) is 11.3. The number of rotatable bonds is 7. The molecule has 0 aliphatic carbocycles. The monoisotopic (exact) mass is 705 g/mol. The van der Waals surface area contributed by atoms with Gasteiger partial charge in [-0.05, 0) is 92.2 Å². The Balaban J connectivity index is 1.09. The molecule has 54 heavy (non-hydrogen) atoms. The van der Waals surface area contributed by atoms with Gasteiger partial charge >= 0.3 is 0 Å². The number of hydrogen-bond acceptors (Lipinski definition) is 2. The third-order valence-electron chi connectivity index (χ3n) is 10.5. The highest BCUT2D eigenvalue weighted by Crippen LogP contribution is 2.45. The molecule has 0 radical (unpaired) electrons. The minimum atomic E-state index is 1.10. The van der Waals surface area contributed by atoms with Crippen LogP contribution in [0.25, 0.3) is 75.5 Å². The maximum absolute atomic E-state index is 2.41. The van der Waals surface area contributed by atoms with E-state index in [1.807, 2.05) is 11.3 Å². The predicted molar refractivity (Wildman–Crippen MR) is 233 cm³/mol. The maximum Gasteiger partial charge on any atom is 0.0540 e. The summed E-state index contributed by atoms with van der Waals surface area (Å²) in [5, 5.41) is 5.13. The fourth-order valence-corrected chi connectivity index (χ4v) is 9.01. The zero-order valence-corrected chi connectivity index (χ0v) is 30.4. The van der Waals surface area contributed by atoms with Crippen LogP contribution in [0.4, 0.5) is 17.1 Å². The van der Waals surface area contributed by atoms with Crippen molar-refractivity contribution in [2.24, 2.45) is 0 Å². The molecular weight excluding hydrogens is 671 g/mol. The number of fused-ring (bicyclic) bond motifs is 4. The summed E-state index contributed by atoms with van der Waals surface area (Å²) in [6.07, 6.45) is 0. The zero-order chi connectivity index (χ0) is 35.8. The van der Waals surface area contributed by atoms with E-state index in [1.165, 1.54) is 75.5 Å². The first-order valence-electron chi connectivity index (χ1n) is 18.4. The van der Waals surface area contributed by atoms with Gasteiger partial charge in [-0.3, -0.25) is 0 Å². The summed E-state index contributed by atoms with van der Waals surface area (Å²) in [6.45, 7) is 0. The standard InChI is InChI=1S/C52H35NS/c1-2-12-36(13-3-1)37-24-26-38(27-25-37)39-28-32-42(33-29-39)53(49-21-8-6-17-47(49)46-20-10-15-40-14-4-5-16-44(40)46)43-34-30-41(31-35-43)45-19-11-23-51-52(45)48-18-7-9-22-50(48)54-51/h1-35H. The van der Waals surface area contributed by atoms with Crippen molar-refractivity contribution in [3.8, 4) is 44.5 Å². The topological polar surface area (TPSA) is 3.24 Å². The summed E-state index contributed by atoms with van der Waals surface area (Å²) in [4.78, 5) is 2.41. The number of anilines is 3. The second kappa shape index (κ2) is 13.7. The van der Waals surface area contributed by atoms with Crippen LogP contribution < -0.4 is 4.90 Å². The van der Waals surface area contributed by atoms with Gasteiger partial charge in [0.15, 0.2) is 0 Å². The summed E-state index contributed by atoms with van der Waals surface area (Å²) in [7, 11) is 0. The molecule has 1 heterocycles. The van der Waals surface area contributed by atoms with Crippen LogP contribution in [0.1, 0.15) is 0 Å². The van der Waals surface area contributed by atoms with Crippen LogP contribution in [0.2, 0.25) is 0 Å². The van der Waals surface area contributed by atoms with Crippen molar-refractivity contribution in [2.45, 2.75) is 0 Å². The van der Waals surface area contributed by atoms with Crippen LogP contribution in [0.15, 0.2) is 212 Å². The van der Waals surface area contributed by atoms with Crippen LogP contribution in [0.5, 0.6) is 0 Å². The molecule has 2 heteroatoms. The lowest BCUT2D eigenvalue weighted by Crippen LogP contribution is -2.11. The number of benzene rings is 9. The molecule has 9 aromatic carbocycles. The molecule has 254 valence electrons. The Hall–Kier alpha value is -6.74. The van der Waals surface area contributed by atoms with E-state index in [0.29, 0.717) is 0 Å². The lowest BCUT2D eigenvalue weighted by Gasteiger charge is -2.28. The first kappa shape index (κ1) is 32.0. The van der Waals surface area contributed by atoms with Gasteiger partial charge in [0, 0.05) is 37.1 Å². The van der Waals surface area contributed by atoms with Gasteiger partial charge in [0.1, 0.15) is 0 Å². The highest BCUT2D eigenvalue weighted by atomic mass is 32.1. The Kier molecular flexibility index (Phi) is 8.09. The van der Waals surface area contributed by atoms with E-state index in [4.69, 9.17) is 0 Å². The van der Waals surface area contributed by atoms with Crippen LogP contribution in [-0.4, -0.2) is 0 Å². The van der Waals surface area contributed by atoms with Crippen LogP contribution in [0, 0.1) is 0 Å². The van der Waals surface area contributed by atoms with E-state index in [-0.39, 0.29) is 0 Å². The molecule has 0 atom stereocenters. The molecule has 1 aromatic heterocycles. The summed E-state index contributed by atoms with van der Waals surface area (Å²) in [5.41, 5.74) is 13.1. The lowest BCUT2D eigenvalue weighted by atomic mass is 9.95. The van der Waals surface area contributed by atoms with Gasteiger partial charge in [0.05, 0.1) is 5.69 Å². The molecule has 0 fully saturated rings. The summed E-state index contributed by atoms with van der Waals surface area (Å²) < 4.78 is 2.64. The highest BCUT2D eigenvalue weighted by molar-refractivity contribution is 7.25. The molecule has 0 spiro atoms. The first-order valence-corrected chi connectivity index (χ1v) is 19.2. The van der Waals surface area contributed by atoms with Crippen molar-refractivity contribution in [3.05, 3.63) is 212 Å². The molecule has 0 saturated heterocycles. The minimum absolute atomic E-state index is 1.10. The Labute approximate surface area is 319 Å². The molecule has 0 aliphatic heterocycles. The molecule has 0 amide bonds. The Morgan fingerprint density at radius 1 is 0.296 bits per heavy atom. The maximum atomic E-state index is 2.41. The fraction of sp³-hybridized carbons (Fsp3) is 0. The number of para-hydroxylation sites is 1. The fourth-order valence-electron chi connectivity index (χ4n) is 7.88. The average molecular weight is 706 g/mol. The van der Waals surface area contributed by atoms with Crippen molar-refractivity contribution in [3.63, 3.8) is 0 Å². The van der Waals surface area contributed by atoms with Crippen molar-refractivity contribution >= 4 is 59.3 Å². The second-order valence-electron chi connectivity index (χ2n) is 13.7. The van der Waals surface area contributed by atoms with E-state index in [9.17, 15) is 0 Å². The average Bonchev–Trinajstić information content (AvgIpc) is 3.64. The number of thiophene rings is 1. The third-order valence-corrected chi connectivity index (χ3v) is 11.7. The van der Waals surface area contributed by atoms with Crippen molar-refractivity contribution in [2.75, 3.05) is 4.90 Å². The summed E-state index contributed by atoms with van der Waals surface area (Å²) in [6, 6.07) is 77.1. The smallest absolute Gasteiger partial charge is 0.0540 e. The lowest BCUT2D eigenvalue weighted by molar-refractivity contribution is 1.28. The Morgan fingerprint density at radius 3 is 1.52 bits per heavy atom. The molecule has 0 unspecified atom stereocenters. The molecule has 10 aromatic rings. The quantitative estimate of drug-likeness (QED) is 0.160.